The largest absolute Gasteiger partial charge is 0.496 e. The van der Waals surface area contributed by atoms with Gasteiger partial charge in [-0.15, -0.1) is 0 Å². The van der Waals surface area contributed by atoms with E-state index in [0.717, 1.165) is 79.9 Å². The van der Waals surface area contributed by atoms with Gasteiger partial charge in [-0.1, -0.05) is 24.3 Å². The first-order valence-electron chi connectivity index (χ1n) is 15.0. The van der Waals surface area contributed by atoms with E-state index in [4.69, 9.17) is 14.2 Å². The summed E-state index contributed by atoms with van der Waals surface area (Å²) in [4.78, 5) is 0. The molecule has 238 valence electrons. The molecule has 47 heavy (non-hydrogen) atoms. The molecule has 0 aromatic heterocycles. The predicted molar refractivity (Wildman–Crippen MR) is 165 cm³/mol. The lowest BCUT2D eigenvalue weighted by Gasteiger charge is -2.17. The molecule has 0 N–H and O–H groups in total. The van der Waals surface area contributed by atoms with Crippen LogP contribution in [-0.2, 0) is 43.1 Å². The molecule has 0 bridgehead atoms. The van der Waals surface area contributed by atoms with E-state index >= 15 is 0 Å². The molecule has 0 fully saturated rings. The lowest BCUT2D eigenvalue weighted by molar-refractivity contribution is -0.138. The number of alkyl halides is 6. The molecule has 3 nitrogen and oxygen atoms in total. The molecule has 0 radical (unpaired) electrons. The number of fused-ring (bicyclic) bond motifs is 10. The molecular formula is C38H26F6O3. The van der Waals surface area contributed by atoms with Crippen LogP contribution in [0, 0.1) is 0 Å². The number of methoxy groups -OCH3 is 2. The summed E-state index contributed by atoms with van der Waals surface area (Å²) in [6, 6.07) is 18.2. The summed E-state index contributed by atoms with van der Waals surface area (Å²) in [7, 11) is 3.10. The van der Waals surface area contributed by atoms with Gasteiger partial charge in [-0.3, -0.25) is 0 Å². The fourth-order valence-electron chi connectivity index (χ4n) is 7.41. The van der Waals surface area contributed by atoms with E-state index in [9.17, 15) is 26.3 Å². The minimum atomic E-state index is -4.43. The van der Waals surface area contributed by atoms with Gasteiger partial charge in [0.2, 0.25) is 0 Å². The Kier molecular flexibility index (Phi) is 6.54. The molecule has 0 spiro atoms. The van der Waals surface area contributed by atoms with Gasteiger partial charge in [0.25, 0.3) is 0 Å². The van der Waals surface area contributed by atoms with Crippen LogP contribution in [0.5, 0.6) is 11.5 Å². The van der Waals surface area contributed by atoms with Crippen LogP contribution in [0.15, 0.2) is 72.8 Å². The lowest BCUT2D eigenvalue weighted by atomic mass is 9.87. The van der Waals surface area contributed by atoms with E-state index < -0.39 is 23.5 Å². The zero-order chi connectivity index (χ0) is 32.8. The highest BCUT2D eigenvalue weighted by Crippen LogP contribution is 2.56. The van der Waals surface area contributed by atoms with Crippen LogP contribution < -0.4 is 9.47 Å². The van der Waals surface area contributed by atoms with Gasteiger partial charge in [0.05, 0.1) is 38.6 Å². The predicted octanol–water partition coefficient (Wildman–Crippen LogP) is 10.2. The van der Waals surface area contributed by atoms with Crippen LogP contribution in [0.1, 0.15) is 44.5 Å². The lowest BCUT2D eigenvalue weighted by Crippen LogP contribution is -2.04. The normalized spacial score (nSPS) is 14.4. The maximum absolute atomic E-state index is 13.3. The number of benzene rings is 5. The Bertz CT molecular complexity index is 1940. The second kappa shape index (κ2) is 10.4. The van der Waals surface area contributed by atoms with Crippen molar-refractivity contribution in [2.24, 2.45) is 0 Å². The maximum atomic E-state index is 13.3. The highest BCUT2D eigenvalue weighted by atomic mass is 19.4. The topological polar surface area (TPSA) is 27.7 Å². The fourth-order valence-corrected chi connectivity index (χ4v) is 7.41. The van der Waals surface area contributed by atoms with Crippen LogP contribution in [0.4, 0.5) is 26.3 Å². The zero-order valence-corrected chi connectivity index (χ0v) is 25.2. The smallest absolute Gasteiger partial charge is 0.416 e. The summed E-state index contributed by atoms with van der Waals surface area (Å²) in [5.74, 6) is 1.10. The highest BCUT2D eigenvalue weighted by molar-refractivity contribution is 5.99. The van der Waals surface area contributed by atoms with Crippen molar-refractivity contribution >= 4 is 0 Å². The molecule has 3 aliphatic rings. The van der Waals surface area contributed by atoms with Crippen molar-refractivity contribution < 1.29 is 40.6 Å². The van der Waals surface area contributed by atoms with Crippen LogP contribution in [0.2, 0.25) is 0 Å². The first-order chi connectivity index (χ1) is 22.5. The standard InChI is InChI=1S/C38H26F6O3/c1-45-33-15-27-21(11-25(33)19-3-7-23(8-4-19)37(39,40)41)13-29-31-17-47-18-32(31)30-14-22-12-26(20-5-9-24(10-6-20)38(42,43)44)34(46-2)16-28(22)36(30)35(27)29/h3-12,15-16H,13-14,17-18H2,1-2H3. The average molecular weight is 645 g/mol. The molecule has 5 aromatic carbocycles. The summed E-state index contributed by atoms with van der Waals surface area (Å²) < 4.78 is 97.1. The molecule has 1 aliphatic heterocycles. The van der Waals surface area contributed by atoms with Crippen molar-refractivity contribution in [3.8, 4) is 56.0 Å². The van der Waals surface area contributed by atoms with Gasteiger partial charge in [-0.05, 0) is 128 Å². The van der Waals surface area contributed by atoms with Gasteiger partial charge in [0, 0.05) is 11.1 Å². The first kappa shape index (κ1) is 29.6. The Balaban J connectivity index is 1.28. The van der Waals surface area contributed by atoms with Gasteiger partial charge in [0.1, 0.15) is 11.5 Å². The van der Waals surface area contributed by atoms with E-state index in [0.29, 0.717) is 59.8 Å². The maximum Gasteiger partial charge on any atom is 0.416 e. The average Bonchev–Trinajstić information content (AvgIpc) is 3.77. The van der Waals surface area contributed by atoms with Crippen molar-refractivity contribution in [3.63, 3.8) is 0 Å². The molecular weight excluding hydrogens is 618 g/mol. The van der Waals surface area contributed by atoms with Gasteiger partial charge in [-0.25, -0.2) is 0 Å². The number of ether oxygens (including phenoxy) is 3. The van der Waals surface area contributed by atoms with Crippen molar-refractivity contribution in [2.45, 2.75) is 38.4 Å². The monoisotopic (exact) mass is 644 g/mol. The fraction of sp³-hybridized carbons (Fsp3) is 0.211. The van der Waals surface area contributed by atoms with Crippen molar-refractivity contribution in [2.75, 3.05) is 14.2 Å². The van der Waals surface area contributed by atoms with E-state index in [2.05, 4.69) is 0 Å². The third kappa shape index (κ3) is 4.62. The molecule has 0 amide bonds. The number of hydrogen-bond acceptors (Lipinski definition) is 3. The van der Waals surface area contributed by atoms with Crippen molar-refractivity contribution in [1.29, 1.82) is 0 Å². The minimum absolute atomic E-state index is 0.484. The SMILES string of the molecule is COc1cc2c(cc1-c1ccc(C(F)(F)F)cc1)Cc1c3c(c4c(c1-2)-c1cc(OC)c(-c2ccc(C(F)(F)F)cc2)cc1C4)COC3. The molecule has 2 aliphatic carbocycles. The van der Waals surface area contributed by atoms with Crippen LogP contribution in [0.3, 0.4) is 0 Å². The summed E-state index contributed by atoms with van der Waals surface area (Å²) in [6.07, 6.45) is -7.58. The second-order valence-electron chi connectivity index (χ2n) is 12.1. The number of hydrogen-bond donors (Lipinski definition) is 0. The molecule has 0 atom stereocenters. The van der Waals surface area contributed by atoms with E-state index in [1.165, 1.54) is 24.3 Å². The molecule has 0 saturated heterocycles. The Labute approximate surface area is 266 Å². The number of halogens is 6. The molecule has 9 heteroatoms. The molecule has 8 rings (SSSR count). The molecule has 5 aromatic rings. The van der Waals surface area contributed by atoms with Gasteiger partial charge < -0.3 is 14.2 Å². The second-order valence-corrected chi connectivity index (χ2v) is 12.1. The van der Waals surface area contributed by atoms with Gasteiger partial charge in [0.15, 0.2) is 0 Å². The Morgan fingerprint density at radius 3 is 1.23 bits per heavy atom. The van der Waals surface area contributed by atoms with E-state index in [1.807, 2.05) is 24.3 Å². The highest BCUT2D eigenvalue weighted by Gasteiger charge is 2.37. The Hall–Kier alpha value is -4.76. The third-order valence-corrected chi connectivity index (χ3v) is 9.61. The van der Waals surface area contributed by atoms with E-state index in [1.54, 1.807) is 14.2 Å². The van der Waals surface area contributed by atoms with Crippen LogP contribution >= 0.6 is 0 Å². The summed E-state index contributed by atoms with van der Waals surface area (Å²) in [5.41, 5.74) is 12.1. The quantitative estimate of drug-likeness (QED) is 0.179. The van der Waals surface area contributed by atoms with E-state index in [-0.39, 0.29) is 0 Å². The molecule has 0 saturated carbocycles. The summed E-state index contributed by atoms with van der Waals surface area (Å²) in [5, 5.41) is 0. The third-order valence-electron chi connectivity index (χ3n) is 9.61. The van der Waals surface area contributed by atoms with Gasteiger partial charge in [-0.2, -0.15) is 26.3 Å². The van der Waals surface area contributed by atoms with Crippen LogP contribution in [-0.4, -0.2) is 14.2 Å². The Morgan fingerprint density at radius 1 is 0.511 bits per heavy atom. The first-order valence-corrected chi connectivity index (χ1v) is 15.0. The Morgan fingerprint density at radius 2 is 0.894 bits per heavy atom. The summed E-state index contributed by atoms with van der Waals surface area (Å²) in [6.45, 7) is 0.969. The summed E-state index contributed by atoms with van der Waals surface area (Å²) >= 11 is 0. The van der Waals surface area contributed by atoms with Crippen molar-refractivity contribution in [3.05, 3.63) is 117 Å². The zero-order valence-electron chi connectivity index (χ0n) is 25.2. The van der Waals surface area contributed by atoms with Crippen molar-refractivity contribution in [1.82, 2.24) is 0 Å². The van der Waals surface area contributed by atoms with Gasteiger partial charge >= 0.3 is 12.4 Å². The number of rotatable bonds is 4. The minimum Gasteiger partial charge on any atom is -0.496 e. The molecule has 0 unspecified atom stereocenters. The van der Waals surface area contributed by atoms with Crippen LogP contribution in [0.25, 0.3) is 44.5 Å². The molecule has 1 heterocycles.